The minimum absolute atomic E-state index is 0.279. The molecule has 1 aliphatic heterocycles. The van der Waals surface area contributed by atoms with Crippen molar-refractivity contribution in [3.63, 3.8) is 0 Å². The van der Waals surface area contributed by atoms with Gasteiger partial charge in [0.1, 0.15) is 5.69 Å². The van der Waals surface area contributed by atoms with E-state index >= 15 is 0 Å². The molecule has 3 heterocycles. The van der Waals surface area contributed by atoms with Crippen LogP contribution in [-0.4, -0.2) is 33.0 Å². The van der Waals surface area contributed by atoms with Gasteiger partial charge in [0.15, 0.2) is 0 Å². The van der Waals surface area contributed by atoms with Crippen LogP contribution < -0.4 is 0 Å². The highest BCUT2D eigenvalue weighted by Gasteiger charge is 2.18. The van der Waals surface area contributed by atoms with E-state index in [1.807, 2.05) is 42.8 Å². The highest BCUT2D eigenvalue weighted by Crippen LogP contribution is 2.34. The van der Waals surface area contributed by atoms with Crippen LogP contribution in [0.1, 0.15) is 30.9 Å². The number of dihydropyridines is 1. The minimum atomic E-state index is -0.867. The van der Waals surface area contributed by atoms with Gasteiger partial charge in [-0.2, -0.15) is 5.10 Å². The van der Waals surface area contributed by atoms with Gasteiger partial charge in [-0.1, -0.05) is 36.4 Å². The molecule has 5 rings (SSSR count). The smallest absolute Gasteiger partial charge is 0.101 e. The van der Waals surface area contributed by atoms with E-state index in [2.05, 4.69) is 44.4 Å². The average Bonchev–Trinajstić information content (AvgIpc) is 3.18. The summed E-state index contributed by atoms with van der Waals surface area (Å²) in [6.07, 6.45) is 7.88. The number of nitrogens with one attached hydrogen (secondary N) is 1. The van der Waals surface area contributed by atoms with Crippen LogP contribution >= 0.6 is 0 Å². The Hall–Kier alpha value is -3.31. The molecule has 0 fully saturated rings. The normalized spacial score (nSPS) is 16.7. The Labute approximate surface area is 168 Å². The van der Waals surface area contributed by atoms with Crippen molar-refractivity contribution in [3.8, 4) is 11.3 Å². The molecule has 144 valence electrons. The number of nitrogens with zero attached hydrogens (tertiary/aromatic N) is 3. The van der Waals surface area contributed by atoms with E-state index in [1.165, 1.54) is 5.56 Å². The molecule has 1 unspecified atom stereocenters. The molecule has 0 aliphatic carbocycles. The third-order valence-electron chi connectivity index (χ3n) is 5.55. The summed E-state index contributed by atoms with van der Waals surface area (Å²) < 4.78 is 0. The fourth-order valence-electron chi connectivity index (χ4n) is 3.89. The van der Waals surface area contributed by atoms with Crippen LogP contribution in [0.5, 0.6) is 0 Å². The summed E-state index contributed by atoms with van der Waals surface area (Å²) in [5, 5.41) is 20.1. The molecule has 0 amide bonds. The number of aliphatic imine (C=N–C) groups is 1. The summed E-state index contributed by atoms with van der Waals surface area (Å²) in [7, 11) is 0. The maximum Gasteiger partial charge on any atom is 0.101 e. The zero-order chi connectivity index (χ0) is 20.0. The lowest BCUT2D eigenvalue weighted by molar-refractivity contribution is 0.0786. The molecule has 1 aliphatic rings. The van der Waals surface area contributed by atoms with Gasteiger partial charge in [0.2, 0.25) is 0 Å². The zero-order valence-corrected chi connectivity index (χ0v) is 16.4. The molecule has 0 saturated carbocycles. The quantitative estimate of drug-likeness (QED) is 0.538. The van der Waals surface area contributed by atoms with Gasteiger partial charge in [-0.3, -0.25) is 15.1 Å². The molecule has 5 heteroatoms. The molecule has 2 N–H and O–H groups in total. The third-order valence-corrected chi connectivity index (χ3v) is 5.55. The first kappa shape index (κ1) is 17.8. The van der Waals surface area contributed by atoms with Crippen molar-refractivity contribution in [2.75, 3.05) is 6.54 Å². The van der Waals surface area contributed by atoms with Gasteiger partial charge in [-0.15, -0.1) is 0 Å². The van der Waals surface area contributed by atoms with Crippen LogP contribution in [0.4, 0.5) is 0 Å². The number of rotatable bonds is 3. The Kier molecular flexibility index (Phi) is 4.07. The summed E-state index contributed by atoms with van der Waals surface area (Å²) >= 11 is 0. The SMILES string of the molecule is CC(C)(O)c1ccc(-c2n[nH]c3cnc4ccc(C5C=CC=NC5)cc4c23)cc1. The molecule has 0 spiro atoms. The number of allylic oxidation sites excluding steroid dienone is 1. The minimum Gasteiger partial charge on any atom is -0.386 e. The predicted octanol–water partition coefficient (Wildman–Crippen LogP) is 4.73. The summed E-state index contributed by atoms with van der Waals surface area (Å²) in [5.41, 5.74) is 4.99. The van der Waals surface area contributed by atoms with Gasteiger partial charge in [0, 0.05) is 35.0 Å². The summed E-state index contributed by atoms with van der Waals surface area (Å²) in [4.78, 5) is 8.99. The number of aromatic nitrogens is 3. The standard InChI is InChI=1S/C24H22N4O/c1-24(2,29)18-8-5-15(6-9-18)23-22-19-12-16(17-4-3-11-25-13-17)7-10-20(19)26-14-21(22)27-28-23/h3-12,14,17,29H,13H2,1-2H3,(H,27,28). The van der Waals surface area contributed by atoms with Crippen LogP contribution in [0.3, 0.4) is 0 Å². The monoisotopic (exact) mass is 382 g/mol. The Morgan fingerprint density at radius 3 is 2.66 bits per heavy atom. The fraction of sp³-hybridized carbons (Fsp3) is 0.208. The Balaban J connectivity index is 1.67. The van der Waals surface area contributed by atoms with Crippen molar-refractivity contribution in [2.45, 2.75) is 25.4 Å². The Morgan fingerprint density at radius 1 is 1.10 bits per heavy atom. The molecule has 2 aromatic carbocycles. The van der Waals surface area contributed by atoms with E-state index in [0.717, 1.165) is 45.2 Å². The van der Waals surface area contributed by atoms with Gasteiger partial charge in [-0.05, 0) is 43.2 Å². The molecule has 29 heavy (non-hydrogen) atoms. The van der Waals surface area contributed by atoms with Gasteiger partial charge >= 0.3 is 0 Å². The van der Waals surface area contributed by atoms with E-state index in [4.69, 9.17) is 0 Å². The maximum absolute atomic E-state index is 10.2. The first-order valence-electron chi connectivity index (χ1n) is 9.77. The van der Waals surface area contributed by atoms with Gasteiger partial charge in [0.25, 0.3) is 0 Å². The van der Waals surface area contributed by atoms with Crippen LogP contribution in [0, 0.1) is 0 Å². The molecule has 4 aromatic rings. The lowest BCUT2D eigenvalue weighted by Crippen LogP contribution is -2.14. The van der Waals surface area contributed by atoms with E-state index < -0.39 is 5.60 Å². The van der Waals surface area contributed by atoms with Crippen LogP contribution in [-0.2, 0) is 5.60 Å². The Bertz CT molecular complexity index is 1260. The van der Waals surface area contributed by atoms with Crippen LogP contribution in [0.2, 0.25) is 0 Å². The lowest BCUT2D eigenvalue weighted by Gasteiger charge is -2.17. The van der Waals surface area contributed by atoms with E-state index in [9.17, 15) is 5.11 Å². The number of H-pyrrole nitrogens is 1. The predicted molar refractivity (Wildman–Crippen MR) is 117 cm³/mol. The van der Waals surface area contributed by atoms with Crippen molar-refractivity contribution in [3.05, 3.63) is 71.9 Å². The number of aromatic amines is 1. The largest absolute Gasteiger partial charge is 0.386 e. The fourth-order valence-corrected chi connectivity index (χ4v) is 3.89. The summed E-state index contributed by atoms with van der Waals surface area (Å²) in [5.74, 6) is 0.279. The summed E-state index contributed by atoms with van der Waals surface area (Å²) in [6.45, 7) is 4.34. The van der Waals surface area contributed by atoms with E-state index in [1.54, 1.807) is 13.8 Å². The zero-order valence-electron chi connectivity index (χ0n) is 16.4. The first-order chi connectivity index (χ1) is 14.0. The third kappa shape index (κ3) is 3.13. The maximum atomic E-state index is 10.2. The van der Waals surface area contributed by atoms with E-state index in [0.29, 0.717) is 0 Å². The highest BCUT2D eigenvalue weighted by molar-refractivity contribution is 6.11. The first-order valence-corrected chi connectivity index (χ1v) is 9.77. The molecule has 0 saturated heterocycles. The molecule has 0 radical (unpaired) electrons. The lowest BCUT2D eigenvalue weighted by atomic mass is 9.93. The molecule has 5 nitrogen and oxygen atoms in total. The number of hydrogen-bond acceptors (Lipinski definition) is 4. The van der Waals surface area contributed by atoms with Gasteiger partial charge in [0.05, 0.1) is 22.8 Å². The number of benzene rings is 2. The molecule has 2 aromatic heterocycles. The van der Waals surface area contributed by atoms with Crippen molar-refractivity contribution in [2.24, 2.45) is 4.99 Å². The summed E-state index contributed by atoms with van der Waals surface area (Å²) in [6, 6.07) is 14.4. The Morgan fingerprint density at radius 2 is 1.93 bits per heavy atom. The second-order valence-corrected chi connectivity index (χ2v) is 8.04. The topological polar surface area (TPSA) is 74.2 Å². The highest BCUT2D eigenvalue weighted by atomic mass is 16.3. The van der Waals surface area contributed by atoms with Crippen molar-refractivity contribution >= 4 is 28.0 Å². The van der Waals surface area contributed by atoms with E-state index in [-0.39, 0.29) is 5.92 Å². The average molecular weight is 382 g/mol. The van der Waals surface area contributed by atoms with Crippen LogP contribution in [0.25, 0.3) is 33.1 Å². The number of pyridine rings is 1. The number of hydrogen-bond donors (Lipinski definition) is 2. The van der Waals surface area contributed by atoms with Crippen LogP contribution in [0.15, 0.2) is 65.8 Å². The molecular weight excluding hydrogens is 360 g/mol. The van der Waals surface area contributed by atoms with Crippen molar-refractivity contribution < 1.29 is 5.11 Å². The second kappa shape index (κ2) is 6.64. The number of fused-ring (bicyclic) bond motifs is 3. The van der Waals surface area contributed by atoms with Gasteiger partial charge in [-0.25, -0.2) is 0 Å². The number of aliphatic hydroxyl groups is 1. The molecule has 1 atom stereocenters. The van der Waals surface area contributed by atoms with Crippen molar-refractivity contribution in [1.29, 1.82) is 0 Å². The van der Waals surface area contributed by atoms with Gasteiger partial charge < -0.3 is 5.11 Å². The second-order valence-electron chi connectivity index (χ2n) is 8.04. The molecule has 0 bridgehead atoms. The van der Waals surface area contributed by atoms with Crippen molar-refractivity contribution in [1.82, 2.24) is 15.2 Å². The molecular formula is C24H22N4O.